The molecule has 2 bridgehead atoms. The molecule has 3 atom stereocenters. The lowest BCUT2D eigenvalue weighted by molar-refractivity contribution is 0.0304. The summed E-state index contributed by atoms with van der Waals surface area (Å²) in [5.74, 6) is 0. The van der Waals surface area contributed by atoms with Gasteiger partial charge in [0.15, 0.2) is 0 Å². The fourth-order valence-corrected chi connectivity index (χ4v) is 3.52. The molecule has 2 fully saturated rings. The molecular formula is C14H19BrN2O. The van der Waals surface area contributed by atoms with Crippen molar-refractivity contribution in [2.75, 3.05) is 18.0 Å². The highest BCUT2D eigenvalue weighted by molar-refractivity contribution is 9.10. The fraction of sp³-hybridized carbons (Fsp3) is 0.571. The van der Waals surface area contributed by atoms with Gasteiger partial charge in [-0.1, -0.05) is 6.07 Å². The first-order valence-electron chi connectivity index (χ1n) is 6.59. The monoisotopic (exact) mass is 310 g/mol. The molecule has 3 nitrogen and oxygen atoms in total. The molecule has 98 valence electrons. The van der Waals surface area contributed by atoms with E-state index in [0.29, 0.717) is 12.2 Å². The standard InChI is InChI=1S/C14H19BrN2O/c1-9(16)10-2-5-14(13(15)6-10)17-7-11-3-4-12(8-17)18-11/h2,5-6,9,11-12H,3-4,7-8,16H2,1H3. The smallest absolute Gasteiger partial charge is 0.0755 e. The van der Waals surface area contributed by atoms with Crippen LogP contribution in [0.4, 0.5) is 5.69 Å². The van der Waals surface area contributed by atoms with E-state index < -0.39 is 0 Å². The van der Waals surface area contributed by atoms with Crippen LogP contribution < -0.4 is 10.6 Å². The minimum Gasteiger partial charge on any atom is -0.371 e. The van der Waals surface area contributed by atoms with Crippen LogP contribution in [-0.2, 0) is 4.74 Å². The molecule has 2 aliphatic rings. The second-order valence-electron chi connectivity index (χ2n) is 5.36. The van der Waals surface area contributed by atoms with Gasteiger partial charge in [0.25, 0.3) is 0 Å². The van der Waals surface area contributed by atoms with Crippen molar-refractivity contribution in [3.8, 4) is 0 Å². The van der Waals surface area contributed by atoms with Crippen molar-refractivity contribution in [1.82, 2.24) is 0 Å². The summed E-state index contributed by atoms with van der Waals surface area (Å²) < 4.78 is 7.01. The van der Waals surface area contributed by atoms with Gasteiger partial charge in [0, 0.05) is 23.6 Å². The minimum absolute atomic E-state index is 0.0798. The van der Waals surface area contributed by atoms with Gasteiger partial charge in [-0.25, -0.2) is 0 Å². The zero-order valence-corrected chi connectivity index (χ0v) is 12.2. The average molecular weight is 311 g/mol. The molecule has 1 aromatic carbocycles. The predicted molar refractivity (Wildman–Crippen MR) is 76.9 cm³/mol. The Bertz CT molecular complexity index is 437. The van der Waals surface area contributed by atoms with Gasteiger partial charge in [-0.3, -0.25) is 0 Å². The van der Waals surface area contributed by atoms with Crippen LogP contribution in [0, 0.1) is 0 Å². The number of nitrogens with zero attached hydrogens (tertiary/aromatic N) is 1. The van der Waals surface area contributed by atoms with Crippen LogP contribution in [0.1, 0.15) is 31.4 Å². The fourth-order valence-electron chi connectivity index (χ4n) is 2.87. The van der Waals surface area contributed by atoms with Crippen LogP contribution >= 0.6 is 15.9 Å². The molecule has 0 radical (unpaired) electrons. The van der Waals surface area contributed by atoms with Gasteiger partial charge in [0.1, 0.15) is 0 Å². The van der Waals surface area contributed by atoms with Gasteiger partial charge in [0.2, 0.25) is 0 Å². The molecule has 1 aromatic rings. The van der Waals surface area contributed by atoms with Crippen molar-refractivity contribution in [3.63, 3.8) is 0 Å². The van der Waals surface area contributed by atoms with Gasteiger partial charge >= 0.3 is 0 Å². The molecular weight excluding hydrogens is 292 g/mol. The molecule has 0 aromatic heterocycles. The van der Waals surface area contributed by atoms with Gasteiger partial charge in [-0.2, -0.15) is 0 Å². The molecule has 0 aliphatic carbocycles. The van der Waals surface area contributed by atoms with Crippen LogP contribution in [0.2, 0.25) is 0 Å². The average Bonchev–Trinajstić information content (AvgIpc) is 2.68. The quantitative estimate of drug-likeness (QED) is 0.913. The summed E-state index contributed by atoms with van der Waals surface area (Å²) in [6.07, 6.45) is 3.25. The summed E-state index contributed by atoms with van der Waals surface area (Å²) >= 11 is 3.67. The topological polar surface area (TPSA) is 38.5 Å². The number of ether oxygens (including phenoxy) is 1. The van der Waals surface area contributed by atoms with E-state index in [-0.39, 0.29) is 6.04 Å². The SMILES string of the molecule is CC(N)c1ccc(N2CC3CCC(C2)O3)c(Br)c1. The number of hydrogen-bond donors (Lipinski definition) is 1. The Hall–Kier alpha value is -0.580. The number of halogens is 1. The molecule has 2 N–H and O–H groups in total. The number of morpholine rings is 1. The van der Waals surface area contributed by atoms with Gasteiger partial charge < -0.3 is 15.4 Å². The van der Waals surface area contributed by atoms with Crippen LogP contribution in [0.25, 0.3) is 0 Å². The lowest BCUT2D eigenvalue weighted by Crippen LogP contribution is -2.42. The molecule has 0 spiro atoms. The summed E-state index contributed by atoms with van der Waals surface area (Å²) in [6, 6.07) is 6.52. The number of anilines is 1. The largest absolute Gasteiger partial charge is 0.371 e. The van der Waals surface area contributed by atoms with Gasteiger partial charge in [-0.05, 0) is 53.4 Å². The van der Waals surface area contributed by atoms with E-state index in [1.54, 1.807) is 0 Å². The zero-order valence-electron chi connectivity index (χ0n) is 10.6. The lowest BCUT2D eigenvalue weighted by Gasteiger charge is -2.34. The van der Waals surface area contributed by atoms with Crippen molar-refractivity contribution in [1.29, 1.82) is 0 Å². The van der Waals surface area contributed by atoms with Crippen molar-refractivity contribution in [3.05, 3.63) is 28.2 Å². The first-order chi connectivity index (χ1) is 8.63. The molecule has 2 saturated heterocycles. The Kier molecular flexibility index (Phi) is 3.34. The third-order valence-corrected chi connectivity index (χ3v) is 4.52. The van der Waals surface area contributed by atoms with E-state index >= 15 is 0 Å². The summed E-state index contributed by atoms with van der Waals surface area (Å²) in [6.45, 7) is 4.02. The second kappa shape index (κ2) is 4.83. The maximum Gasteiger partial charge on any atom is 0.0755 e. The van der Waals surface area contributed by atoms with Crippen LogP contribution in [0.3, 0.4) is 0 Å². The van der Waals surface area contributed by atoms with E-state index in [0.717, 1.165) is 17.6 Å². The zero-order chi connectivity index (χ0) is 12.7. The number of benzene rings is 1. The van der Waals surface area contributed by atoms with Crippen LogP contribution in [0.15, 0.2) is 22.7 Å². The second-order valence-corrected chi connectivity index (χ2v) is 6.22. The van der Waals surface area contributed by atoms with Crippen molar-refractivity contribution in [2.24, 2.45) is 5.73 Å². The summed E-state index contributed by atoms with van der Waals surface area (Å²) in [5.41, 5.74) is 8.34. The van der Waals surface area contributed by atoms with E-state index in [2.05, 4.69) is 39.0 Å². The maximum atomic E-state index is 5.91. The molecule has 4 heteroatoms. The molecule has 2 aliphatic heterocycles. The third kappa shape index (κ3) is 2.29. The highest BCUT2D eigenvalue weighted by Gasteiger charge is 2.34. The summed E-state index contributed by atoms with van der Waals surface area (Å²) in [5, 5.41) is 0. The Morgan fingerprint density at radius 1 is 1.33 bits per heavy atom. The molecule has 2 heterocycles. The first-order valence-corrected chi connectivity index (χ1v) is 7.38. The number of rotatable bonds is 2. The van der Waals surface area contributed by atoms with E-state index in [9.17, 15) is 0 Å². The first kappa shape index (κ1) is 12.5. The predicted octanol–water partition coefficient (Wildman–Crippen LogP) is 2.84. The number of nitrogens with two attached hydrogens (primary N) is 1. The van der Waals surface area contributed by atoms with E-state index in [1.807, 2.05) is 6.92 Å². The summed E-state index contributed by atoms with van der Waals surface area (Å²) in [7, 11) is 0. The molecule has 0 amide bonds. The Morgan fingerprint density at radius 3 is 2.56 bits per heavy atom. The molecule has 18 heavy (non-hydrogen) atoms. The molecule has 3 unspecified atom stereocenters. The number of hydrogen-bond acceptors (Lipinski definition) is 3. The lowest BCUT2D eigenvalue weighted by atomic mass is 10.1. The highest BCUT2D eigenvalue weighted by Crippen LogP contribution is 2.34. The third-order valence-electron chi connectivity index (χ3n) is 3.88. The van der Waals surface area contributed by atoms with Crippen molar-refractivity contribution < 1.29 is 4.74 Å². The Labute approximate surface area is 116 Å². The molecule has 0 saturated carbocycles. The highest BCUT2D eigenvalue weighted by atomic mass is 79.9. The van der Waals surface area contributed by atoms with Gasteiger partial charge in [0.05, 0.1) is 17.9 Å². The van der Waals surface area contributed by atoms with Gasteiger partial charge in [-0.15, -0.1) is 0 Å². The van der Waals surface area contributed by atoms with E-state index in [4.69, 9.17) is 10.5 Å². The van der Waals surface area contributed by atoms with E-state index in [1.165, 1.54) is 24.1 Å². The maximum absolute atomic E-state index is 5.91. The Balaban J connectivity index is 1.84. The normalized spacial score (nSPS) is 28.5. The van der Waals surface area contributed by atoms with Crippen LogP contribution in [0.5, 0.6) is 0 Å². The van der Waals surface area contributed by atoms with Crippen molar-refractivity contribution >= 4 is 21.6 Å². The summed E-state index contributed by atoms with van der Waals surface area (Å²) in [4.78, 5) is 2.43. The van der Waals surface area contributed by atoms with Crippen LogP contribution in [-0.4, -0.2) is 25.3 Å². The van der Waals surface area contributed by atoms with Crippen molar-refractivity contribution in [2.45, 2.75) is 38.0 Å². The molecule has 3 rings (SSSR count). The minimum atomic E-state index is 0.0798. The Morgan fingerprint density at radius 2 is 2.00 bits per heavy atom. The number of fused-ring (bicyclic) bond motifs is 2.